The van der Waals surface area contributed by atoms with E-state index in [2.05, 4.69) is 4.99 Å². The smallest absolute Gasteiger partial charge is 0.859 e. The van der Waals surface area contributed by atoms with Gasteiger partial charge in [-0.05, 0) is 24.1 Å². The largest absolute Gasteiger partial charge is 1.00 e. The summed E-state index contributed by atoms with van der Waals surface area (Å²) in [5.41, 5.74) is 0.507. The fraction of sp³-hybridized carbons (Fsp3) is 0. The van der Waals surface area contributed by atoms with Crippen LogP contribution in [0, 0.1) is 0 Å². The Kier molecular flexibility index (Phi) is 7.54. The summed E-state index contributed by atoms with van der Waals surface area (Å²) in [6, 6.07) is 8.61. The number of hydrogen-bond acceptors (Lipinski definition) is 3. The van der Waals surface area contributed by atoms with Crippen LogP contribution in [0.4, 0.5) is 5.69 Å². The molecule has 4 nitrogen and oxygen atoms in total. The average molecular weight is 229 g/mol. The second-order valence-electron chi connectivity index (χ2n) is 2.46. The summed E-state index contributed by atoms with van der Waals surface area (Å²) >= 11 is 0. The molecule has 0 aromatic heterocycles. The molecule has 1 aromatic rings. The predicted molar refractivity (Wildman–Crippen MR) is 50.3 cm³/mol. The molecule has 0 bridgehead atoms. The van der Waals surface area contributed by atoms with E-state index in [1.165, 1.54) is 0 Å². The molecule has 0 aliphatic rings. The van der Waals surface area contributed by atoms with E-state index in [1.54, 1.807) is 30.3 Å². The number of nitrogens with zero attached hydrogens (tertiary/aromatic N) is 1. The number of rotatable bonds is 3. The van der Waals surface area contributed by atoms with Crippen LogP contribution >= 0.6 is 0 Å². The van der Waals surface area contributed by atoms with Gasteiger partial charge in [0.25, 0.3) is 0 Å². The maximum atomic E-state index is 11.0. The molecule has 0 unspecified atom stereocenters. The van der Waals surface area contributed by atoms with Crippen molar-refractivity contribution in [2.24, 2.45) is 4.99 Å². The molecule has 0 heterocycles. The molecule has 1 N–H and O–H groups in total. The van der Waals surface area contributed by atoms with E-state index in [4.69, 9.17) is 5.11 Å². The predicted octanol–water partition coefficient (Wildman–Crippen LogP) is -2.28. The third-order valence-corrected chi connectivity index (χ3v) is 1.36. The first-order valence-corrected chi connectivity index (χ1v) is 3.90. The number of hydrogen-bond donors (Lipinski definition) is 1. The first-order chi connectivity index (χ1) is 6.68. The van der Waals surface area contributed by atoms with Gasteiger partial charge in [-0.25, -0.2) is 4.79 Å². The van der Waals surface area contributed by atoms with Crippen molar-refractivity contribution in [1.29, 1.82) is 0 Å². The summed E-state index contributed by atoms with van der Waals surface area (Å²) in [6.07, 6.45) is 1.67. The first kappa shape index (κ1) is 14.5. The maximum absolute atomic E-state index is 11.0. The van der Waals surface area contributed by atoms with Gasteiger partial charge in [0.15, 0.2) is 0 Å². The summed E-state index contributed by atoms with van der Waals surface area (Å²) in [5.74, 6) is -1.75. The van der Waals surface area contributed by atoms with E-state index in [0.29, 0.717) is 5.69 Å². The zero-order chi connectivity index (χ0) is 10.4. The van der Waals surface area contributed by atoms with Crippen LogP contribution in [0.25, 0.3) is 0 Å². The van der Waals surface area contributed by atoms with Crippen LogP contribution < -0.4 is 56.5 Å². The second kappa shape index (κ2) is 7.78. The molecular weight excluding hydrogens is 221 g/mol. The number of aliphatic imine (C=N–C) groups is 1. The monoisotopic (exact) mass is 229 g/mol. The zero-order valence-corrected chi connectivity index (χ0v) is 11.4. The van der Waals surface area contributed by atoms with Crippen molar-refractivity contribution in [3.63, 3.8) is 0 Å². The Labute approximate surface area is 130 Å². The third kappa shape index (κ3) is 6.59. The van der Waals surface area contributed by atoms with Crippen LogP contribution in [0.5, 0.6) is 0 Å². The first-order valence-electron chi connectivity index (χ1n) is 3.90. The summed E-state index contributed by atoms with van der Waals surface area (Å²) < 4.78 is 0. The van der Waals surface area contributed by atoms with Gasteiger partial charge in [-0.15, -0.1) is 0 Å². The van der Waals surface area contributed by atoms with Crippen LogP contribution in [-0.2, 0) is 4.79 Å². The van der Waals surface area contributed by atoms with Crippen LogP contribution in [0.1, 0.15) is 0 Å². The topological polar surface area (TPSA) is 72.7 Å². The van der Waals surface area contributed by atoms with Crippen LogP contribution in [0.15, 0.2) is 47.5 Å². The van der Waals surface area contributed by atoms with Gasteiger partial charge in [0.2, 0.25) is 0 Å². The molecule has 0 radical (unpaired) electrons. The minimum Gasteiger partial charge on any atom is -0.859 e. The van der Waals surface area contributed by atoms with Gasteiger partial charge in [0.1, 0.15) is 0 Å². The minimum atomic E-state index is -1.17. The summed E-state index contributed by atoms with van der Waals surface area (Å²) in [6.45, 7) is 0. The number of aliphatic carboxylic acids is 1. The quantitative estimate of drug-likeness (QED) is 0.275. The van der Waals surface area contributed by atoms with E-state index in [1.807, 2.05) is 0 Å². The summed E-state index contributed by atoms with van der Waals surface area (Å²) in [5, 5.41) is 19.2. The van der Waals surface area contributed by atoms with Crippen molar-refractivity contribution in [3.05, 3.63) is 42.5 Å². The van der Waals surface area contributed by atoms with Crippen molar-refractivity contribution < 1.29 is 66.4 Å². The summed E-state index contributed by atoms with van der Waals surface area (Å²) in [4.78, 5) is 13.7. The van der Waals surface area contributed by atoms with E-state index >= 15 is 0 Å². The van der Waals surface area contributed by atoms with Gasteiger partial charge < -0.3 is 10.2 Å². The van der Waals surface area contributed by atoms with Crippen LogP contribution in [0.2, 0.25) is 0 Å². The standard InChI is InChI=1S/C10H9NO3.K/c12-9(6-7-10(13)14)11-8-4-2-1-3-5-8;/h1-7H,(H,11,12)(H,13,14);/q;+1/p-1/b7-6-;. The van der Waals surface area contributed by atoms with E-state index < -0.39 is 11.9 Å². The molecule has 1 aromatic carbocycles. The molecular formula is C10H8KNO3. The zero-order valence-electron chi connectivity index (χ0n) is 8.25. The molecule has 5 heteroatoms. The van der Waals surface area contributed by atoms with Gasteiger partial charge in [-0.2, -0.15) is 0 Å². The Morgan fingerprint density at radius 2 is 1.87 bits per heavy atom. The number of carbonyl (C=O) groups is 1. The number of benzene rings is 1. The normalized spacial score (nSPS) is 11.1. The van der Waals surface area contributed by atoms with Crippen LogP contribution in [0.3, 0.4) is 0 Å². The minimum absolute atomic E-state index is 0. The second-order valence-corrected chi connectivity index (χ2v) is 2.46. The Hall–Kier alpha value is -0.464. The van der Waals surface area contributed by atoms with Gasteiger partial charge in [-0.3, -0.25) is 4.99 Å². The molecule has 0 aliphatic heterocycles. The maximum Gasteiger partial charge on any atom is 1.00 e. The van der Waals surface area contributed by atoms with Crippen molar-refractivity contribution in [1.82, 2.24) is 0 Å². The van der Waals surface area contributed by atoms with Crippen molar-refractivity contribution in [2.45, 2.75) is 0 Å². The molecule has 72 valence electrons. The SMILES string of the molecule is O=C(O)/C=C\C([O-])=Nc1ccccc1.[K+]. The van der Waals surface area contributed by atoms with E-state index in [9.17, 15) is 9.90 Å². The van der Waals surface area contributed by atoms with E-state index in [0.717, 1.165) is 12.2 Å². The Balaban J connectivity index is 0.00000196. The molecule has 0 spiro atoms. The van der Waals surface area contributed by atoms with E-state index in [-0.39, 0.29) is 51.4 Å². The van der Waals surface area contributed by atoms with Crippen molar-refractivity contribution >= 4 is 17.6 Å². The van der Waals surface area contributed by atoms with Gasteiger partial charge in [0.05, 0.1) is 5.69 Å². The molecule has 15 heavy (non-hydrogen) atoms. The molecule has 0 aliphatic carbocycles. The number of carboxylic acids is 1. The van der Waals surface area contributed by atoms with Gasteiger partial charge in [-0.1, -0.05) is 18.2 Å². The molecule has 1 rings (SSSR count). The van der Waals surface area contributed by atoms with Crippen LogP contribution in [-0.4, -0.2) is 17.0 Å². The fourth-order valence-electron chi connectivity index (χ4n) is 0.810. The molecule has 0 saturated carbocycles. The Morgan fingerprint density at radius 3 is 2.40 bits per heavy atom. The van der Waals surface area contributed by atoms with Gasteiger partial charge in [0, 0.05) is 6.08 Å². The third-order valence-electron chi connectivity index (χ3n) is 1.36. The number of carboxylic acid groups (broad SMARTS) is 1. The molecule has 0 fully saturated rings. The molecule has 0 saturated heterocycles. The summed E-state index contributed by atoms with van der Waals surface area (Å²) in [7, 11) is 0. The van der Waals surface area contributed by atoms with Gasteiger partial charge >= 0.3 is 57.4 Å². The van der Waals surface area contributed by atoms with Crippen molar-refractivity contribution in [2.75, 3.05) is 0 Å². The van der Waals surface area contributed by atoms with Crippen molar-refractivity contribution in [3.8, 4) is 0 Å². The fourth-order valence-corrected chi connectivity index (χ4v) is 0.810. The molecule has 0 amide bonds. The molecule has 0 atom stereocenters. The number of para-hydroxylation sites is 1. The average Bonchev–Trinajstić information content (AvgIpc) is 2.16. The Morgan fingerprint density at radius 1 is 1.27 bits per heavy atom. The Bertz CT molecular complexity index is 374.